The van der Waals surface area contributed by atoms with E-state index in [4.69, 9.17) is 0 Å². The molecule has 0 atom stereocenters. The number of aromatic nitrogens is 3. The Morgan fingerprint density at radius 2 is 1.71 bits per heavy atom. The molecular weight excluding hydrogens is 304 g/mol. The third kappa shape index (κ3) is 5.19. The van der Waals surface area contributed by atoms with Crippen molar-refractivity contribution in [2.45, 2.75) is 33.6 Å². The summed E-state index contributed by atoms with van der Waals surface area (Å²) in [7, 11) is 0. The van der Waals surface area contributed by atoms with Gasteiger partial charge in [-0.25, -0.2) is 0 Å². The Kier molecular flexibility index (Phi) is 6.48. The van der Waals surface area contributed by atoms with Crippen LogP contribution in [-0.4, -0.2) is 34.2 Å². The summed E-state index contributed by atoms with van der Waals surface area (Å²) in [5.41, 5.74) is 1.58. The number of amides is 1. The molecule has 128 valence electrons. The van der Waals surface area contributed by atoms with E-state index in [1.165, 1.54) is 6.92 Å². The highest BCUT2D eigenvalue weighted by Crippen LogP contribution is 2.18. The zero-order valence-electron chi connectivity index (χ0n) is 14.4. The first-order chi connectivity index (χ1) is 11.6. The lowest BCUT2D eigenvalue weighted by atomic mass is 10.3. The second kappa shape index (κ2) is 8.81. The van der Waals surface area contributed by atoms with Gasteiger partial charge in [-0.05, 0) is 37.1 Å². The minimum Gasteiger partial charge on any atom is -0.355 e. The lowest BCUT2D eigenvalue weighted by molar-refractivity contribution is -0.114. The first-order valence-electron chi connectivity index (χ1n) is 8.21. The fourth-order valence-electron chi connectivity index (χ4n) is 2.35. The molecule has 1 aromatic heterocycles. The lowest BCUT2D eigenvalue weighted by Crippen LogP contribution is -2.26. The van der Waals surface area contributed by atoms with Crippen molar-refractivity contribution in [2.24, 2.45) is 0 Å². The second-order valence-electron chi connectivity index (χ2n) is 5.51. The summed E-state index contributed by atoms with van der Waals surface area (Å²) in [4.78, 5) is 17.8. The van der Waals surface area contributed by atoms with Crippen LogP contribution in [-0.2, 0) is 4.79 Å². The van der Waals surface area contributed by atoms with E-state index in [1.54, 1.807) is 6.20 Å². The molecule has 0 unspecified atom stereocenters. The van der Waals surface area contributed by atoms with Gasteiger partial charge in [0.15, 0.2) is 5.82 Å². The fraction of sp³-hybridized carbons (Fsp3) is 0.412. The third-order valence-electron chi connectivity index (χ3n) is 3.32. The van der Waals surface area contributed by atoms with E-state index in [9.17, 15) is 4.79 Å². The molecule has 7 nitrogen and oxygen atoms in total. The summed E-state index contributed by atoms with van der Waals surface area (Å²) < 4.78 is 0. The Hall–Kier alpha value is -2.70. The Labute approximate surface area is 142 Å². The molecule has 1 aromatic carbocycles. The number of hydrogen-bond donors (Lipinski definition) is 2. The largest absolute Gasteiger partial charge is 0.355 e. The SMILES string of the molecule is CCCN(CCC)c1cnnc(Nc2ccc(NC(C)=O)cc2)n1. The molecule has 0 spiro atoms. The molecule has 0 bridgehead atoms. The number of hydrogen-bond acceptors (Lipinski definition) is 6. The normalized spacial score (nSPS) is 10.3. The molecule has 0 saturated heterocycles. The molecule has 0 radical (unpaired) electrons. The van der Waals surface area contributed by atoms with Crippen LogP contribution in [0.1, 0.15) is 33.6 Å². The van der Waals surface area contributed by atoms with Gasteiger partial charge in [-0.3, -0.25) is 4.79 Å². The zero-order valence-corrected chi connectivity index (χ0v) is 14.4. The Morgan fingerprint density at radius 3 is 2.29 bits per heavy atom. The first kappa shape index (κ1) is 17.7. The van der Waals surface area contributed by atoms with Crippen molar-refractivity contribution in [3.63, 3.8) is 0 Å². The van der Waals surface area contributed by atoms with Crippen LogP contribution in [0, 0.1) is 0 Å². The molecule has 1 heterocycles. The van der Waals surface area contributed by atoms with Gasteiger partial charge in [0.05, 0.1) is 6.20 Å². The smallest absolute Gasteiger partial charge is 0.249 e. The number of carbonyl (C=O) groups is 1. The van der Waals surface area contributed by atoms with Crippen molar-refractivity contribution in [2.75, 3.05) is 28.6 Å². The van der Waals surface area contributed by atoms with Crippen LogP contribution in [0.15, 0.2) is 30.5 Å². The summed E-state index contributed by atoms with van der Waals surface area (Å²) in [6.45, 7) is 7.66. The van der Waals surface area contributed by atoms with Gasteiger partial charge in [0, 0.05) is 31.4 Å². The number of nitrogens with zero attached hydrogens (tertiary/aromatic N) is 4. The van der Waals surface area contributed by atoms with Crippen LogP contribution in [0.4, 0.5) is 23.1 Å². The minimum atomic E-state index is -0.0946. The maximum absolute atomic E-state index is 11.0. The molecule has 1 amide bonds. The second-order valence-corrected chi connectivity index (χ2v) is 5.51. The van der Waals surface area contributed by atoms with E-state index in [-0.39, 0.29) is 5.91 Å². The van der Waals surface area contributed by atoms with E-state index >= 15 is 0 Å². The van der Waals surface area contributed by atoms with Crippen LogP contribution in [0.2, 0.25) is 0 Å². The summed E-state index contributed by atoms with van der Waals surface area (Å²) >= 11 is 0. The number of carbonyl (C=O) groups excluding carboxylic acids is 1. The van der Waals surface area contributed by atoms with Crippen molar-refractivity contribution in [1.82, 2.24) is 15.2 Å². The third-order valence-corrected chi connectivity index (χ3v) is 3.32. The summed E-state index contributed by atoms with van der Waals surface area (Å²) in [5, 5.41) is 14.0. The van der Waals surface area contributed by atoms with Gasteiger partial charge in [0.25, 0.3) is 0 Å². The van der Waals surface area contributed by atoms with Gasteiger partial charge in [-0.1, -0.05) is 13.8 Å². The number of rotatable bonds is 8. The zero-order chi connectivity index (χ0) is 17.4. The van der Waals surface area contributed by atoms with Crippen LogP contribution >= 0.6 is 0 Å². The molecule has 0 saturated carbocycles. The standard InChI is InChI=1S/C17H24N6O/c1-4-10-23(11-5-2)16-12-18-22-17(21-16)20-15-8-6-14(7-9-15)19-13(3)24/h6-9,12H,4-5,10-11H2,1-3H3,(H,19,24)(H,20,21,22). The van der Waals surface area contributed by atoms with Gasteiger partial charge in [-0.15, -0.1) is 5.10 Å². The van der Waals surface area contributed by atoms with Crippen molar-refractivity contribution in [3.8, 4) is 0 Å². The summed E-state index contributed by atoms with van der Waals surface area (Å²) in [6, 6.07) is 7.36. The van der Waals surface area contributed by atoms with Crippen molar-refractivity contribution < 1.29 is 4.79 Å². The summed E-state index contributed by atoms with van der Waals surface area (Å²) in [6.07, 6.45) is 3.80. The quantitative estimate of drug-likeness (QED) is 0.774. The molecule has 2 rings (SSSR count). The average molecular weight is 328 g/mol. The van der Waals surface area contributed by atoms with Crippen molar-refractivity contribution in [1.29, 1.82) is 0 Å². The van der Waals surface area contributed by atoms with Crippen molar-refractivity contribution >= 4 is 29.0 Å². The molecule has 0 aliphatic carbocycles. The van der Waals surface area contributed by atoms with E-state index in [0.717, 1.165) is 43.1 Å². The number of benzene rings is 1. The fourth-order valence-corrected chi connectivity index (χ4v) is 2.35. The molecule has 2 N–H and O–H groups in total. The highest BCUT2D eigenvalue weighted by atomic mass is 16.1. The Bertz CT molecular complexity index is 652. The minimum absolute atomic E-state index is 0.0946. The molecule has 24 heavy (non-hydrogen) atoms. The topological polar surface area (TPSA) is 83.0 Å². The molecule has 2 aromatic rings. The van der Waals surface area contributed by atoms with E-state index in [1.807, 2.05) is 24.3 Å². The molecule has 0 aliphatic heterocycles. The predicted molar refractivity (Wildman–Crippen MR) is 96.7 cm³/mol. The average Bonchev–Trinajstić information content (AvgIpc) is 2.56. The van der Waals surface area contributed by atoms with Crippen LogP contribution < -0.4 is 15.5 Å². The number of nitrogens with one attached hydrogen (secondary N) is 2. The number of anilines is 4. The highest BCUT2D eigenvalue weighted by Gasteiger charge is 2.08. The Balaban J connectivity index is 2.09. The molecule has 0 aliphatic rings. The van der Waals surface area contributed by atoms with Crippen LogP contribution in [0.5, 0.6) is 0 Å². The van der Waals surface area contributed by atoms with Crippen molar-refractivity contribution in [3.05, 3.63) is 30.5 Å². The van der Waals surface area contributed by atoms with Gasteiger partial charge < -0.3 is 15.5 Å². The van der Waals surface area contributed by atoms with Gasteiger partial charge in [0.2, 0.25) is 11.9 Å². The Morgan fingerprint density at radius 1 is 1.08 bits per heavy atom. The molecule has 0 fully saturated rings. The van der Waals surface area contributed by atoms with Crippen LogP contribution in [0.3, 0.4) is 0 Å². The predicted octanol–water partition coefficient (Wildman–Crippen LogP) is 3.20. The lowest BCUT2D eigenvalue weighted by Gasteiger charge is -2.22. The van der Waals surface area contributed by atoms with Crippen LogP contribution in [0.25, 0.3) is 0 Å². The molecular formula is C17H24N6O. The summed E-state index contributed by atoms with van der Waals surface area (Å²) in [5.74, 6) is 1.19. The van der Waals surface area contributed by atoms with Gasteiger partial charge in [0.1, 0.15) is 0 Å². The maximum atomic E-state index is 11.0. The first-order valence-corrected chi connectivity index (χ1v) is 8.21. The van der Waals surface area contributed by atoms with E-state index in [2.05, 4.69) is 44.6 Å². The maximum Gasteiger partial charge on any atom is 0.249 e. The highest BCUT2D eigenvalue weighted by molar-refractivity contribution is 5.88. The van der Waals surface area contributed by atoms with Gasteiger partial charge >= 0.3 is 0 Å². The van der Waals surface area contributed by atoms with E-state index in [0.29, 0.717) is 5.95 Å². The monoisotopic (exact) mass is 328 g/mol. The van der Waals surface area contributed by atoms with Gasteiger partial charge in [-0.2, -0.15) is 10.1 Å². The molecule has 7 heteroatoms. The van der Waals surface area contributed by atoms with E-state index < -0.39 is 0 Å².